The summed E-state index contributed by atoms with van der Waals surface area (Å²) in [5.74, 6) is 5.97. The molecule has 5 nitrogen and oxygen atoms in total. The summed E-state index contributed by atoms with van der Waals surface area (Å²) in [6, 6.07) is 14.6. The number of hydrazine groups is 1. The summed E-state index contributed by atoms with van der Waals surface area (Å²) in [5.41, 5.74) is 3.02. The summed E-state index contributed by atoms with van der Waals surface area (Å²) in [4.78, 5) is 12.6. The van der Waals surface area contributed by atoms with Crippen LogP contribution in [0.3, 0.4) is 0 Å². The molecule has 1 heterocycles. The molecule has 100 valence electrons. The maximum atomic E-state index is 12.6. The third-order valence-corrected chi connectivity index (χ3v) is 3.69. The number of para-hydroxylation sites is 1. The fourth-order valence-electron chi connectivity index (χ4n) is 2.08. The highest BCUT2D eigenvalue weighted by Gasteiger charge is 2.12. The van der Waals surface area contributed by atoms with Crippen molar-refractivity contribution in [1.82, 2.24) is 9.78 Å². The number of benzene rings is 2. The molecule has 3 aromatic rings. The monoisotopic (exact) mass is 330 g/mol. The van der Waals surface area contributed by atoms with Gasteiger partial charge >= 0.3 is 0 Å². The summed E-state index contributed by atoms with van der Waals surface area (Å²) >= 11 is 3.43. The lowest BCUT2D eigenvalue weighted by Crippen LogP contribution is -2.24. The predicted octanol–water partition coefficient (Wildman–Crippen LogP) is 2.43. The second-order valence-electron chi connectivity index (χ2n) is 4.21. The Hall–Kier alpha value is -2.18. The smallest absolute Gasteiger partial charge is 0.279 e. The van der Waals surface area contributed by atoms with Gasteiger partial charge in [-0.25, -0.2) is 5.84 Å². The summed E-state index contributed by atoms with van der Waals surface area (Å²) in [5, 5.41) is 5.55. The van der Waals surface area contributed by atoms with Crippen LogP contribution in [0.25, 0.3) is 16.5 Å². The van der Waals surface area contributed by atoms with Gasteiger partial charge < -0.3 is 5.43 Å². The van der Waals surface area contributed by atoms with Gasteiger partial charge in [0.05, 0.1) is 11.1 Å². The first-order valence-electron chi connectivity index (χ1n) is 5.96. The van der Waals surface area contributed by atoms with E-state index < -0.39 is 0 Å². The molecule has 0 bridgehead atoms. The van der Waals surface area contributed by atoms with E-state index >= 15 is 0 Å². The zero-order valence-electron chi connectivity index (χ0n) is 10.4. The highest BCUT2D eigenvalue weighted by molar-refractivity contribution is 9.10. The van der Waals surface area contributed by atoms with Crippen molar-refractivity contribution in [3.63, 3.8) is 0 Å². The fraction of sp³-hybridized carbons (Fsp3) is 0. The van der Waals surface area contributed by atoms with Crippen molar-refractivity contribution >= 4 is 32.5 Å². The van der Waals surface area contributed by atoms with Gasteiger partial charge in [0.15, 0.2) is 5.82 Å². The van der Waals surface area contributed by atoms with Gasteiger partial charge in [-0.15, -0.1) is 5.10 Å². The molecule has 3 rings (SSSR count). The highest BCUT2D eigenvalue weighted by Crippen LogP contribution is 2.22. The van der Waals surface area contributed by atoms with Gasteiger partial charge in [-0.05, 0) is 34.1 Å². The van der Waals surface area contributed by atoms with Crippen LogP contribution in [0.15, 0.2) is 57.8 Å². The minimum Gasteiger partial charge on any atom is -0.307 e. The minimum atomic E-state index is -0.188. The molecule has 0 atom stereocenters. The van der Waals surface area contributed by atoms with Gasteiger partial charge in [0, 0.05) is 9.86 Å². The first-order valence-corrected chi connectivity index (χ1v) is 6.75. The largest absolute Gasteiger partial charge is 0.307 e. The molecule has 6 heteroatoms. The zero-order valence-corrected chi connectivity index (χ0v) is 12.0. The van der Waals surface area contributed by atoms with E-state index in [9.17, 15) is 4.79 Å². The first kappa shape index (κ1) is 12.8. The Morgan fingerprint density at radius 1 is 1.05 bits per heavy atom. The zero-order chi connectivity index (χ0) is 14.1. The number of nitrogens with two attached hydrogens (primary N) is 1. The van der Waals surface area contributed by atoms with Crippen molar-refractivity contribution in [2.24, 2.45) is 5.84 Å². The number of aromatic nitrogens is 2. The van der Waals surface area contributed by atoms with Gasteiger partial charge in [-0.2, -0.15) is 4.68 Å². The number of nitrogens with one attached hydrogen (secondary N) is 1. The standard InChI is InChI=1S/C14H11BrN4O/c15-11-7-3-4-8-12(11)19-14(20)10-6-2-1-5-9(10)13(17-16)18-19/h1-8H,16H2,(H,17,18). The predicted molar refractivity (Wildman–Crippen MR) is 82.9 cm³/mol. The van der Waals surface area contributed by atoms with Crippen molar-refractivity contribution in [3.05, 3.63) is 63.4 Å². The number of hydrogen-bond acceptors (Lipinski definition) is 4. The van der Waals surface area contributed by atoms with E-state index in [4.69, 9.17) is 5.84 Å². The summed E-state index contributed by atoms with van der Waals surface area (Å²) < 4.78 is 2.12. The molecule has 0 fully saturated rings. The maximum Gasteiger partial charge on any atom is 0.279 e. The second kappa shape index (κ2) is 5.07. The molecule has 3 N–H and O–H groups in total. The molecule has 1 aromatic heterocycles. The van der Waals surface area contributed by atoms with Crippen LogP contribution in [-0.2, 0) is 0 Å². The quantitative estimate of drug-likeness (QED) is 0.559. The van der Waals surface area contributed by atoms with Gasteiger partial charge in [-0.1, -0.05) is 30.3 Å². The van der Waals surface area contributed by atoms with E-state index in [2.05, 4.69) is 26.5 Å². The maximum absolute atomic E-state index is 12.6. The third-order valence-electron chi connectivity index (χ3n) is 3.02. The van der Waals surface area contributed by atoms with Crippen LogP contribution >= 0.6 is 15.9 Å². The third kappa shape index (κ3) is 1.99. The van der Waals surface area contributed by atoms with Crippen molar-refractivity contribution in [2.45, 2.75) is 0 Å². The molecule has 0 aliphatic rings. The van der Waals surface area contributed by atoms with Gasteiger partial charge in [0.25, 0.3) is 5.56 Å². The van der Waals surface area contributed by atoms with E-state index in [-0.39, 0.29) is 5.56 Å². The molecule has 0 radical (unpaired) electrons. The van der Waals surface area contributed by atoms with E-state index in [1.807, 2.05) is 42.5 Å². The molecule has 0 aliphatic carbocycles. The van der Waals surface area contributed by atoms with Gasteiger partial charge in [-0.3, -0.25) is 4.79 Å². The van der Waals surface area contributed by atoms with Crippen LogP contribution in [-0.4, -0.2) is 9.78 Å². The summed E-state index contributed by atoms with van der Waals surface area (Å²) in [6.07, 6.45) is 0. The summed E-state index contributed by atoms with van der Waals surface area (Å²) in [7, 11) is 0. The second-order valence-corrected chi connectivity index (χ2v) is 5.06. The fourth-order valence-corrected chi connectivity index (χ4v) is 2.54. The number of halogens is 1. The lowest BCUT2D eigenvalue weighted by atomic mass is 10.2. The molecular weight excluding hydrogens is 320 g/mol. The van der Waals surface area contributed by atoms with Crippen molar-refractivity contribution in [1.29, 1.82) is 0 Å². The van der Waals surface area contributed by atoms with Crippen LogP contribution in [0.2, 0.25) is 0 Å². The first-order chi connectivity index (χ1) is 9.72. The molecule has 0 spiro atoms. The molecule has 0 unspecified atom stereocenters. The topological polar surface area (TPSA) is 72.9 Å². The van der Waals surface area contributed by atoms with Crippen LogP contribution in [0.5, 0.6) is 0 Å². The number of nitrogens with zero attached hydrogens (tertiary/aromatic N) is 2. The average Bonchev–Trinajstić information content (AvgIpc) is 2.49. The molecule has 0 saturated carbocycles. The van der Waals surface area contributed by atoms with Gasteiger partial charge in [0.1, 0.15) is 0 Å². The number of rotatable bonds is 2. The number of hydrogen-bond donors (Lipinski definition) is 2. The van der Waals surface area contributed by atoms with Crippen molar-refractivity contribution < 1.29 is 0 Å². The van der Waals surface area contributed by atoms with Crippen LogP contribution in [0, 0.1) is 0 Å². The Kier molecular flexibility index (Phi) is 3.25. The Labute approximate surface area is 123 Å². The van der Waals surface area contributed by atoms with E-state index in [1.54, 1.807) is 6.07 Å². The van der Waals surface area contributed by atoms with Crippen LogP contribution in [0.1, 0.15) is 0 Å². The lowest BCUT2D eigenvalue weighted by molar-refractivity contribution is 0.819. The van der Waals surface area contributed by atoms with E-state index in [0.29, 0.717) is 22.3 Å². The number of fused-ring (bicyclic) bond motifs is 1. The Morgan fingerprint density at radius 3 is 2.40 bits per heavy atom. The SMILES string of the molecule is NNc1nn(-c2ccccc2Br)c(=O)c2ccccc12. The van der Waals surface area contributed by atoms with E-state index in [1.165, 1.54) is 4.68 Å². The molecule has 0 aliphatic heterocycles. The normalized spacial score (nSPS) is 10.7. The Bertz CT molecular complexity index is 844. The minimum absolute atomic E-state index is 0.188. The van der Waals surface area contributed by atoms with Crippen LogP contribution in [0.4, 0.5) is 5.82 Å². The molecule has 0 saturated heterocycles. The molecular formula is C14H11BrN4O. The molecule has 0 amide bonds. The lowest BCUT2D eigenvalue weighted by Gasteiger charge is -2.11. The Balaban J connectivity index is 2.41. The number of nitrogen functional groups attached to an aromatic ring is 1. The van der Waals surface area contributed by atoms with Crippen molar-refractivity contribution in [2.75, 3.05) is 5.43 Å². The highest BCUT2D eigenvalue weighted by atomic mass is 79.9. The van der Waals surface area contributed by atoms with Crippen LogP contribution < -0.4 is 16.8 Å². The molecule has 20 heavy (non-hydrogen) atoms. The average molecular weight is 331 g/mol. The van der Waals surface area contributed by atoms with E-state index in [0.717, 1.165) is 4.47 Å². The van der Waals surface area contributed by atoms with Gasteiger partial charge in [0.2, 0.25) is 0 Å². The number of anilines is 1. The molecule has 2 aromatic carbocycles. The Morgan fingerprint density at radius 2 is 1.70 bits per heavy atom. The summed E-state index contributed by atoms with van der Waals surface area (Å²) in [6.45, 7) is 0. The van der Waals surface area contributed by atoms with Crippen molar-refractivity contribution in [3.8, 4) is 5.69 Å².